The summed E-state index contributed by atoms with van der Waals surface area (Å²) in [6, 6.07) is 24.0. The number of hydrogen-bond donors (Lipinski definition) is 1. The van der Waals surface area contributed by atoms with Gasteiger partial charge in [-0.05, 0) is 54.4 Å². The molecule has 1 N–H and O–H groups in total. The zero-order valence-corrected chi connectivity index (χ0v) is 16.4. The van der Waals surface area contributed by atoms with E-state index in [1.165, 1.54) is 16.0 Å². The second kappa shape index (κ2) is 9.40. The predicted octanol–water partition coefficient (Wildman–Crippen LogP) is 5.69. The molecule has 4 heteroatoms. The molecule has 0 aromatic heterocycles. The fourth-order valence-electron chi connectivity index (χ4n) is 2.66. The lowest BCUT2D eigenvalue weighted by Crippen LogP contribution is -2.12. The number of rotatable bonds is 7. The minimum Gasteiger partial charge on any atom is -0.380 e. The van der Waals surface area contributed by atoms with Crippen LogP contribution in [0.2, 0.25) is 0 Å². The quantitative estimate of drug-likeness (QED) is 0.538. The fraction of sp³-hybridized carbons (Fsp3) is 0.174. The number of carbonyl (C=O) groups is 1. The van der Waals surface area contributed by atoms with Crippen molar-refractivity contribution in [3.63, 3.8) is 0 Å². The molecule has 0 aliphatic rings. The van der Waals surface area contributed by atoms with Gasteiger partial charge in [0.1, 0.15) is 0 Å². The molecule has 0 unspecified atom stereocenters. The number of aryl methyl sites for hydroxylation is 1. The monoisotopic (exact) mass is 377 g/mol. The van der Waals surface area contributed by atoms with Crippen LogP contribution in [0.3, 0.4) is 0 Å². The van der Waals surface area contributed by atoms with Crippen molar-refractivity contribution in [3.05, 3.63) is 95.1 Å². The molecule has 138 valence electrons. The van der Waals surface area contributed by atoms with Crippen LogP contribution < -0.4 is 5.32 Å². The molecule has 0 fully saturated rings. The Bertz CT molecular complexity index is 889. The molecular weight excluding hydrogens is 354 g/mol. The van der Waals surface area contributed by atoms with Gasteiger partial charge < -0.3 is 10.1 Å². The number of ether oxygens (including phenoxy) is 1. The van der Waals surface area contributed by atoms with Crippen molar-refractivity contribution in [3.8, 4) is 0 Å². The van der Waals surface area contributed by atoms with Crippen LogP contribution >= 0.6 is 11.8 Å². The fourth-order valence-corrected chi connectivity index (χ4v) is 3.52. The summed E-state index contributed by atoms with van der Waals surface area (Å²) in [7, 11) is 1.66. The van der Waals surface area contributed by atoms with Crippen molar-refractivity contribution < 1.29 is 9.53 Å². The molecular formula is C23H23NO2S. The molecule has 0 aliphatic carbocycles. The Hall–Kier alpha value is -2.56. The molecule has 3 aromatic carbocycles. The van der Waals surface area contributed by atoms with E-state index in [0.29, 0.717) is 12.2 Å². The topological polar surface area (TPSA) is 38.3 Å². The van der Waals surface area contributed by atoms with Crippen LogP contribution in [0, 0.1) is 6.92 Å². The first-order valence-electron chi connectivity index (χ1n) is 8.82. The lowest BCUT2D eigenvalue weighted by atomic mass is 10.1. The van der Waals surface area contributed by atoms with Crippen molar-refractivity contribution >= 4 is 23.4 Å². The molecule has 0 saturated carbocycles. The van der Waals surface area contributed by atoms with E-state index in [1.54, 1.807) is 18.9 Å². The van der Waals surface area contributed by atoms with Gasteiger partial charge in [-0.15, -0.1) is 11.8 Å². The summed E-state index contributed by atoms with van der Waals surface area (Å²) >= 11 is 1.79. The molecule has 0 aliphatic heterocycles. The molecule has 3 aromatic rings. The molecule has 0 bridgehead atoms. The molecule has 27 heavy (non-hydrogen) atoms. The molecule has 3 rings (SSSR count). The summed E-state index contributed by atoms with van der Waals surface area (Å²) in [6.07, 6.45) is 0. The highest BCUT2D eigenvalue weighted by Gasteiger charge is 2.07. The maximum Gasteiger partial charge on any atom is 0.255 e. The Kier molecular flexibility index (Phi) is 6.69. The summed E-state index contributed by atoms with van der Waals surface area (Å²) in [4.78, 5) is 13.7. The van der Waals surface area contributed by atoms with Crippen LogP contribution in [0.5, 0.6) is 0 Å². The average molecular weight is 378 g/mol. The van der Waals surface area contributed by atoms with Crippen molar-refractivity contribution in [2.45, 2.75) is 24.2 Å². The van der Waals surface area contributed by atoms with Gasteiger partial charge in [0.2, 0.25) is 0 Å². The summed E-state index contributed by atoms with van der Waals surface area (Å²) in [5.41, 5.74) is 4.91. The van der Waals surface area contributed by atoms with Crippen LogP contribution in [0.15, 0.2) is 77.7 Å². The van der Waals surface area contributed by atoms with E-state index in [-0.39, 0.29) is 5.91 Å². The number of nitrogens with one attached hydrogen (secondary N) is 1. The van der Waals surface area contributed by atoms with Gasteiger partial charge in [-0.2, -0.15) is 0 Å². The largest absolute Gasteiger partial charge is 0.380 e. The summed E-state index contributed by atoms with van der Waals surface area (Å²) in [5, 5.41) is 2.94. The number of amides is 1. The summed E-state index contributed by atoms with van der Waals surface area (Å²) in [5.74, 6) is 0.770. The second-order valence-corrected chi connectivity index (χ2v) is 7.43. The van der Waals surface area contributed by atoms with Crippen LogP contribution in [0.4, 0.5) is 5.69 Å². The number of carbonyl (C=O) groups excluding carboxylic acids is 1. The van der Waals surface area contributed by atoms with E-state index >= 15 is 0 Å². The van der Waals surface area contributed by atoms with E-state index in [1.807, 2.05) is 48.5 Å². The third-order valence-electron chi connectivity index (χ3n) is 4.14. The Balaban J connectivity index is 1.58. The van der Waals surface area contributed by atoms with E-state index in [4.69, 9.17) is 4.74 Å². The zero-order chi connectivity index (χ0) is 19.1. The second-order valence-electron chi connectivity index (χ2n) is 6.39. The normalized spacial score (nSPS) is 10.6. The first-order valence-corrected chi connectivity index (χ1v) is 9.80. The van der Waals surface area contributed by atoms with Crippen LogP contribution in [0.1, 0.15) is 27.0 Å². The van der Waals surface area contributed by atoms with E-state index in [0.717, 1.165) is 17.0 Å². The average Bonchev–Trinajstić information content (AvgIpc) is 2.68. The van der Waals surface area contributed by atoms with Crippen LogP contribution in [-0.2, 0) is 17.1 Å². The highest BCUT2D eigenvalue weighted by molar-refractivity contribution is 7.98. The summed E-state index contributed by atoms with van der Waals surface area (Å²) < 4.78 is 5.13. The van der Waals surface area contributed by atoms with Gasteiger partial charge in [0.25, 0.3) is 5.91 Å². The lowest BCUT2D eigenvalue weighted by molar-refractivity contribution is 0.102. The number of hydrogen-bond acceptors (Lipinski definition) is 3. The number of anilines is 1. The van der Waals surface area contributed by atoms with Gasteiger partial charge in [0.15, 0.2) is 0 Å². The number of methoxy groups -OCH3 is 1. The number of benzene rings is 3. The first-order chi connectivity index (χ1) is 13.1. The van der Waals surface area contributed by atoms with E-state index in [9.17, 15) is 4.79 Å². The maximum atomic E-state index is 12.5. The van der Waals surface area contributed by atoms with Crippen LogP contribution in [0.25, 0.3) is 0 Å². The highest BCUT2D eigenvalue weighted by atomic mass is 32.2. The van der Waals surface area contributed by atoms with Crippen molar-refractivity contribution in [1.29, 1.82) is 0 Å². The van der Waals surface area contributed by atoms with Gasteiger partial charge in [-0.1, -0.05) is 42.0 Å². The SMILES string of the molecule is COCc1cccc(NC(=O)c2ccc(CSc3ccc(C)cc3)cc2)c1. The Labute approximate surface area is 164 Å². The maximum absolute atomic E-state index is 12.5. The Morgan fingerprint density at radius 3 is 2.41 bits per heavy atom. The molecule has 0 heterocycles. The zero-order valence-electron chi connectivity index (χ0n) is 15.6. The smallest absolute Gasteiger partial charge is 0.255 e. The lowest BCUT2D eigenvalue weighted by Gasteiger charge is -2.08. The highest BCUT2D eigenvalue weighted by Crippen LogP contribution is 2.23. The Morgan fingerprint density at radius 1 is 0.963 bits per heavy atom. The predicted molar refractivity (Wildman–Crippen MR) is 112 cm³/mol. The van der Waals surface area contributed by atoms with Crippen molar-refractivity contribution in [1.82, 2.24) is 0 Å². The molecule has 0 atom stereocenters. The molecule has 1 amide bonds. The third kappa shape index (κ3) is 5.71. The standard InChI is InChI=1S/C23H23NO2S/c1-17-6-12-22(13-7-17)27-16-18-8-10-20(11-9-18)23(25)24-21-5-3-4-19(14-21)15-26-2/h3-14H,15-16H2,1-2H3,(H,24,25). The minimum absolute atomic E-state index is 0.109. The van der Waals surface area contributed by atoms with E-state index in [2.05, 4.69) is 36.5 Å². The van der Waals surface area contributed by atoms with Crippen LogP contribution in [-0.4, -0.2) is 13.0 Å². The molecule has 0 saturated heterocycles. The van der Waals surface area contributed by atoms with Crippen molar-refractivity contribution in [2.75, 3.05) is 12.4 Å². The summed E-state index contributed by atoms with van der Waals surface area (Å²) in [6.45, 7) is 2.61. The molecule has 0 radical (unpaired) electrons. The van der Waals surface area contributed by atoms with Crippen molar-refractivity contribution in [2.24, 2.45) is 0 Å². The number of thioether (sulfide) groups is 1. The third-order valence-corrected chi connectivity index (χ3v) is 5.22. The van der Waals surface area contributed by atoms with Gasteiger partial charge in [0.05, 0.1) is 6.61 Å². The first kappa shape index (κ1) is 19.2. The molecule has 0 spiro atoms. The molecule has 3 nitrogen and oxygen atoms in total. The van der Waals surface area contributed by atoms with Gasteiger partial charge >= 0.3 is 0 Å². The minimum atomic E-state index is -0.109. The van der Waals surface area contributed by atoms with Gasteiger partial charge in [0, 0.05) is 29.0 Å². The van der Waals surface area contributed by atoms with Gasteiger partial charge in [-0.25, -0.2) is 0 Å². The van der Waals surface area contributed by atoms with E-state index < -0.39 is 0 Å². The Morgan fingerprint density at radius 2 is 1.70 bits per heavy atom. The van der Waals surface area contributed by atoms with Gasteiger partial charge in [-0.3, -0.25) is 4.79 Å².